The monoisotopic (exact) mass is 773 g/mol. The van der Waals surface area contributed by atoms with Crippen LogP contribution in [0.2, 0.25) is 0 Å². The molecule has 1 unspecified atom stereocenters. The van der Waals surface area contributed by atoms with Crippen LogP contribution < -0.4 is 4.74 Å². The number of para-hydroxylation sites is 2. The maximum atomic E-state index is 6.78. The summed E-state index contributed by atoms with van der Waals surface area (Å²) in [4.78, 5) is 12.8. The molecule has 8 aromatic carbocycles. The van der Waals surface area contributed by atoms with E-state index in [-0.39, 0.29) is 5.41 Å². The van der Waals surface area contributed by atoms with Gasteiger partial charge in [0, 0.05) is 32.9 Å². The Balaban J connectivity index is 1.03. The van der Waals surface area contributed by atoms with Crippen LogP contribution >= 0.6 is 11.8 Å². The van der Waals surface area contributed by atoms with Gasteiger partial charge < -0.3 is 4.74 Å². The fourth-order valence-corrected chi connectivity index (χ4v) is 10.2. The van der Waals surface area contributed by atoms with Gasteiger partial charge in [-0.05, 0) is 88.8 Å². The van der Waals surface area contributed by atoms with E-state index < -0.39 is 0 Å². The van der Waals surface area contributed by atoms with Crippen LogP contribution in [0.25, 0.3) is 72.5 Å². The van der Waals surface area contributed by atoms with Crippen molar-refractivity contribution in [2.45, 2.75) is 22.1 Å². The van der Waals surface area contributed by atoms with Crippen LogP contribution in [-0.2, 0) is 5.41 Å². The molecule has 0 N–H and O–H groups in total. The lowest BCUT2D eigenvalue weighted by Crippen LogP contribution is -2.22. The molecule has 1 aliphatic heterocycles. The summed E-state index contributed by atoms with van der Waals surface area (Å²) in [6.07, 6.45) is 0. The van der Waals surface area contributed by atoms with Gasteiger partial charge in [-0.3, -0.25) is 4.57 Å². The van der Waals surface area contributed by atoms with Crippen molar-refractivity contribution in [2.75, 3.05) is 0 Å². The summed E-state index contributed by atoms with van der Waals surface area (Å²) in [6, 6.07) is 69.1. The topological polar surface area (TPSA) is 39.9 Å². The molecule has 0 bridgehead atoms. The standard InChI is InChI=1S/C54H35N3OS/c1-54(38-19-9-4-10-20-38)42-28-30-50-52(58-48-23-13-14-24-49(48)59-50)51(42)40-27-25-37(32-43(40)54)36-26-29-47-41(31-36)39-21-11-12-22-46(39)57(47)53-55-44(34-15-5-2-6-16-34)33-45(56-53)35-17-7-3-8-18-35/h2-33H,1H3. The molecule has 3 heterocycles. The Labute approximate surface area is 346 Å². The van der Waals surface area contributed by atoms with E-state index in [2.05, 4.69) is 187 Å². The smallest absolute Gasteiger partial charge is 0.235 e. The molecular weight excluding hydrogens is 739 g/mol. The molecule has 0 spiro atoms. The molecule has 0 saturated carbocycles. The summed E-state index contributed by atoms with van der Waals surface area (Å²) in [6.45, 7) is 2.37. The molecule has 0 saturated heterocycles. The molecule has 12 rings (SSSR count). The molecule has 2 aromatic heterocycles. The summed E-state index contributed by atoms with van der Waals surface area (Å²) in [7, 11) is 0. The maximum absolute atomic E-state index is 6.78. The van der Waals surface area contributed by atoms with E-state index in [1.807, 2.05) is 18.2 Å². The van der Waals surface area contributed by atoms with Gasteiger partial charge in [0.25, 0.3) is 0 Å². The number of rotatable bonds is 5. The average Bonchev–Trinajstić information content (AvgIpc) is 3.78. The lowest BCUT2D eigenvalue weighted by atomic mass is 9.74. The van der Waals surface area contributed by atoms with Gasteiger partial charge in [0.05, 0.1) is 32.2 Å². The Hall–Kier alpha value is -7.21. The van der Waals surface area contributed by atoms with Crippen LogP contribution in [0.3, 0.4) is 0 Å². The van der Waals surface area contributed by atoms with Crippen molar-refractivity contribution in [1.29, 1.82) is 0 Å². The van der Waals surface area contributed by atoms with E-state index in [4.69, 9.17) is 14.7 Å². The number of hydrogen-bond acceptors (Lipinski definition) is 4. The van der Waals surface area contributed by atoms with Crippen LogP contribution in [0.15, 0.2) is 204 Å². The second-order valence-corrected chi connectivity index (χ2v) is 16.6. The molecule has 5 heteroatoms. The van der Waals surface area contributed by atoms with E-state index in [0.29, 0.717) is 5.95 Å². The Kier molecular flexibility index (Phi) is 7.56. The molecule has 0 fully saturated rings. The van der Waals surface area contributed by atoms with Crippen molar-refractivity contribution in [2.24, 2.45) is 0 Å². The van der Waals surface area contributed by atoms with Crippen LogP contribution in [-0.4, -0.2) is 14.5 Å². The molecule has 2 aliphatic rings. The molecule has 278 valence electrons. The first kappa shape index (κ1) is 33.9. The molecule has 4 nitrogen and oxygen atoms in total. The summed E-state index contributed by atoms with van der Waals surface area (Å²) in [5, 5.41) is 2.31. The third-order valence-corrected chi connectivity index (χ3v) is 13.3. The first-order valence-corrected chi connectivity index (χ1v) is 20.8. The zero-order valence-corrected chi connectivity index (χ0v) is 32.9. The highest BCUT2D eigenvalue weighted by atomic mass is 32.2. The quantitative estimate of drug-likeness (QED) is 0.175. The van der Waals surface area contributed by atoms with Gasteiger partial charge in [-0.2, -0.15) is 0 Å². The van der Waals surface area contributed by atoms with Gasteiger partial charge in [0.2, 0.25) is 5.95 Å². The summed E-state index contributed by atoms with van der Waals surface area (Å²) < 4.78 is 9.00. The zero-order chi connectivity index (χ0) is 39.1. The summed E-state index contributed by atoms with van der Waals surface area (Å²) >= 11 is 1.78. The van der Waals surface area contributed by atoms with E-state index in [1.54, 1.807) is 11.8 Å². The van der Waals surface area contributed by atoms with Gasteiger partial charge in [-0.1, -0.05) is 157 Å². The van der Waals surface area contributed by atoms with Gasteiger partial charge in [-0.15, -0.1) is 0 Å². The molecular formula is C54H35N3OS. The number of benzene rings is 8. The fourth-order valence-electron chi connectivity index (χ4n) is 9.28. The second kappa shape index (κ2) is 13.2. The van der Waals surface area contributed by atoms with E-state index >= 15 is 0 Å². The number of aromatic nitrogens is 3. The van der Waals surface area contributed by atoms with Crippen LogP contribution in [0.1, 0.15) is 23.6 Å². The SMILES string of the molecule is CC1(c2ccccc2)c2cc(-c3ccc4c(c3)c3ccccc3n4-c3nc(-c4ccccc4)cc(-c4ccccc4)n3)ccc2-c2c1ccc1c2Oc2ccccc2S1. The van der Waals surface area contributed by atoms with E-state index in [1.165, 1.54) is 33.4 Å². The minimum atomic E-state index is -0.389. The molecule has 0 radical (unpaired) electrons. The predicted octanol–water partition coefficient (Wildman–Crippen LogP) is 14.2. The van der Waals surface area contributed by atoms with Crippen molar-refractivity contribution in [1.82, 2.24) is 14.5 Å². The molecule has 59 heavy (non-hydrogen) atoms. The first-order chi connectivity index (χ1) is 29.1. The van der Waals surface area contributed by atoms with Gasteiger partial charge >= 0.3 is 0 Å². The van der Waals surface area contributed by atoms with Crippen LogP contribution in [0, 0.1) is 0 Å². The Morgan fingerprint density at radius 3 is 1.88 bits per heavy atom. The van der Waals surface area contributed by atoms with Crippen molar-refractivity contribution in [3.8, 4) is 62.2 Å². The Bertz CT molecular complexity index is 3230. The van der Waals surface area contributed by atoms with Gasteiger partial charge in [0.15, 0.2) is 0 Å². The maximum Gasteiger partial charge on any atom is 0.235 e. The highest BCUT2D eigenvalue weighted by Crippen LogP contribution is 2.60. The number of ether oxygens (including phenoxy) is 1. The van der Waals surface area contributed by atoms with Crippen LogP contribution in [0.4, 0.5) is 0 Å². The molecule has 1 atom stereocenters. The lowest BCUT2D eigenvalue weighted by Gasteiger charge is -2.29. The summed E-state index contributed by atoms with van der Waals surface area (Å²) in [5.41, 5.74) is 14.1. The van der Waals surface area contributed by atoms with Crippen LogP contribution in [0.5, 0.6) is 11.5 Å². The fraction of sp³-hybridized carbons (Fsp3) is 0.0370. The lowest BCUT2D eigenvalue weighted by molar-refractivity contribution is 0.455. The number of fused-ring (bicyclic) bond motifs is 9. The largest absolute Gasteiger partial charge is 0.454 e. The number of nitrogens with zero attached hydrogens (tertiary/aromatic N) is 3. The first-order valence-electron chi connectivity index (χ1n) is 20.0. The van der Waals surface area contributed by atoms with Crippen molar-refractivity contribution in [3.05, 3.63) is 211 Å². The van der Waals surface area contributed by atoms with Crippen molar-refractivity contribution < 1.29 is 4.74 Å². The highest BCUT2D eigenvalue weighted by molar-refractivity contribution is 7.99. The number of hydrogen-bond donors (Lipinski definition) is 0. The highest BCUT2D eigenvalue weighted by Gasteiger charge is 2.44. The average molecular weight is 774 g/mol. The molecule has 0 amide bonds. The molecule has 1 aliphatic carbocycles. The van der Waals surface area contributed by atoms with Crippen molar-refractivity contribution in [3.63, 3.8) is 0 Å². The van der Waals surface area contributed by atoms with Gasteiger partial charge in [-0.25, -0.2) is 9.97 Å². The normalized spacial score (nSPS) is 15.0. The second-order valence-electron chi connectivity index (χ2n) is 15.5. The molecule has 10 aromatic rings. The minimum Gasteiger partial charge on any atom is -0.454 e. The van der Waals surface area contributed by atoms with E-state index in [9.17, 15) is 0 Å². The Morgan fingerprint density at radius 2 is 1.12 bits per heavy atom. The van der Waals surface area contributed by atoms with Crippen molar-refractivity contribution >= 4 is 33.6 Å². The summed E-state index contributed by atoms with van der Waals surface area (Å²) in [5.74, 6) is 2.50. The zero-order valence-electron chi connectivity index (χ0n) is 32.1. The third-order valence-electron chi connectivity index (χ3n) is 12.2. The third kappa shape index (κ3) is 5.25. The van der Waals surface area contributed by atoms with E-state index in [0.717, 1.165) is 71.2 Å². The van der Waals surface area contributed by atoms with Gasteiger partial charge in [0.1, 0.15) is 11.5 Å². The Morgan fingerprint density at radius 1 is 0.492 bits per heavy atom. The minimum absolute atomic E-state index is 0.389. The predicted molar refractivity (Wildman–Crippen MR) is 241 cm³/mol.